The van der Waals surface area contributed by atoms with Crippen LogP contribution in [0.4, 0.5) is 0 Å². The summed E-state index contributed by atoms with van der Waals surface area (Å²) in [5.74, 6) is 3.25. The van der Waals surface area contributed by atoms with Gasteiger partial charge in [0.25, 0.3) is 0 Å². The van der Waals surface area contributed by atoms with Crippen LogP contribution in [0.5, 0.6) is 0 Å². The van der Waals surface area contributed by atoms with Crippen LogP contribution in [0, 0.1) is 18.3 Å². The molecule has 1 aliphatic rings. The van der Waals surface area contributed by atoms with Crippen LogP contribution in [-0.4, -0.2) is 47.7 Å². The smallest absolute Gasteiger partial charge is 0.235 e. The van der Waals surface area contributed by atoms with Crippen molar-refractivity contribution >= 4 is 5.91 Å². The topological polar surface area (TPSA) is 52.6 Å². The van der Waals surface area contributed by atoms with Gasteiger partial charge in [0.05, 0.1) is 6.54 Å². The predicted octanol–water partition coefficient (Wildman–Crippen LogP) is 1.39. The zero-order valence-corrected chi connectivity index (χ0v) is 12.8. The highest BCUT2D eigenvalue weighted by molar-refractivity contribution is 5.79. The van der Waals surface area contributed by atoms with Crippen molar-refractivity contribution in [3.8, 4) is 12.3 Å². The molecule has 1 rings (SSSR count). The molecule has 1 heterocycles. The number of nitrogens with one attached hydrogen (secondary N) is 1. The van der Waals surface area contributed by atoms with Gasteiger partial charge in [0.1, 0.15) is 5.54 Å². The molecule has 0 aromatic carbocycles. The van der Waals surface area contributed by atoms with Gasteiger partial charge < -0.3 is 10.4 Å². The van der Waals surface area contributed by atoms with Crippen molar-refractivity contribution in [3.05, 3.63) is 0 Å². The Hall–Kier alpha value is -1.05. The summed E-state index contributed by atoms with van der Waals surface area (Å²) in [6.45, 7) is 6.50. The first-order chi connectivity index (χ1) is 9.59. The number of hydrogen-bond donors (Lipinski definition) is 2. The van der Waals surface area contributed by atoms with E-state index in [0.29, 0.717) is 12.5 Å². The lowest BCUT2D eigenvalue weighted by molar-refractivity contribution is -0.124. The number of amides is 1. The van der Waals surface area contributed by atoms with Gasteiger partial charge in [0, 0.05) is 13.2 Å². The van der Waals surface area contributed by atoms with Crippen molar-refractivity contribution in [3.63, 3.8) is 0 Å². The zero-order chi connectivity index (χ0) is 15.0. The minimum absolute atomic E-state index is 0.0105. The van der Waals surface area contributed by atoms with Gasteiger partial charge in [0.2, 0.25) is 5.91 Å². The van der Waals surface area contributed by atoms with Crippen molar-refractivity contribution < 1.29 is 9.90 Å². The van der Waals surface area contributed by atoms with Gasteiger partial charge in [-0.1, -0.05) is 19.8 Å². The molecule has 4 heteroatoms. The molecular weight excluding hydrogens is 252 g/mol. The Morgan fingerprint density at radius 3 is 2.75 bits per heavy atom. The molecule has 1 amide bonds. The second kappa shape index (κ2) is 8.28. The average Bonchev–Trinajstić information content (AvgIpc) is 2.46. The third-order valence-electron chi connectivity index (χ3n) is 4.37. The number of aliphatic hydroxyl groups is 1. The van der Waals surface area contributed by atoms with Crippen molar-refractivity contribution in [2.45, 2.75) is 51.5 Å². The minimum atomic E-state index is -0.503. The number of carbonyl (C=O) groups excluding carboxylic acids is 1. The number of carbonyl (C=O) groups is 1. The third-order valence-corrected chi connectivity index (χ3v) is 4.37. The summed E-state index contributed by atoms with van der Waals surface area (Å²) < 4.78 is 0. The van der Waals surface area contributed by atoms with E-state index in [9.17, 15) is 4.79 Å². The Morgan fingerprint density at radius 1 is 1.50 bits per heavy atom. The molecule has 0 aromatic heterocycles. The lowest BCUT2D eigenvalue weighted by atomic mass is 9.93. The van der Waals surface area contributed by atoms with Crippen LogP contribution in [0.2, 0.25) is 0 Å². The molecule has 114 valence electrons. The molecule has 1 fully saturated rings. The summed E-state index contributed by atoms with van der Waals surface area (Å²) in [5.41, 5.74) is -0.503. The highest BCUT2D eigenvalue weighted by Crippen LogP contribution is 2.19. The molecule has 0 aromatic rings. The van der Waals surface area contributed by atoms with Gasteiger partial charge >= 0.3 is 0 Å². The normalized spacial score (nSPS) is 20.4. The first-order valence-electron chi connectivity index (χ1n) is 7.71. The molecule has 0 aliphatic carbocycles. The zero-order valence-electron chi connectivity index (χ0n) is 12.8. The van der Waals surface area contributed by atoms with E-state index in [1.807, 2.05) is 13.8 Å². The van der Waals surface area contributed by atoms with E-state index in [4.69, 9.17) is 11.5 Å². The monoisotopic (exact) mass is 280 g/mol. The van der Waals surface area contributed by atoms with E-state index in [-0.39, 0.29) is 12.5 Å². The summed E-state index contributed by atoms with van der Waals surface area (Å²) in [6.07, 6.45) is 10.1. The van der Waals surface area contributed by atoms with Gasteiger partial charge in [-0.25, -0.2) is 0 Å². The van der Waals surface area contributed by atoms with E-state index in [0.717, 1.165) is 45.2 Å². The van der Waals surface area contributed by atoms with Crippen molar-refractivity contribution in [2.24, 2.45) is 5.92 Å². The van der Waals surface area contributed by atoms with E-state index in [1.54, 1.807) is 0 Å². The molecular formula is C16H28N2O2. The fourth-order valence-corrected chi connectivity index (χ4v) is 2.89. The first-order valence-corrected chi connectivity index (χ1v) is 7.71. The highest BCUT2D eigenvalue weighted by Gasteiger charge is 2.27. The number of piperidine rings is 1. The van der Waals surface area contributed by atoms with Gasteiger partial charge in [-0.3, -0.25) is 9.69 Å². The summed E-state index contributed by atoms with van der Waals surface area (Å²) in [6, 6.07) is 0. The molecule has 0 bridgehead atoms. The Bertz CT molecular complexity index is 343. The van der Waals surface area contributed by atoms with Crippen LogP contribution in [-0.2, 0) is 4.79 Å². The predicted molar refractivity (Wildman–Crippen MR) is 81.2 cm³/mol. The molecule has 0 spiro atoms. The van der Waals surface area contributed by atoms with Crippen LogP contribution < -0.4 is 5.32 Å². The number of nitrogens with zero attached hydrogens (tertiary/aromatic N) is 1. The van der Waals surface area contributed by atoms with E-state index >= 15 is 0 Å². The summed E-state index contributed by atoms with van der Waals surface area (Å²) in [4.78, 5) is 14.3. The number of aliphatic hydroxyl groups excluding tert-OH is 1. The summed E-state index contributed by atoms with van der Waals surface area (Å²) in [5, 5.41) is 12.0. The second-order valence-electron chi connectivity index (χ2n) is 5.74. The quantitative estimate of drug-likeness (QED) is 0.693. The maximum atomic E-state index is 12.2. The largest absolute Gasteiger partial charge is 0.396 e. The Balaban J connectivity index is 2.47. The first kappa shape index (κ1) is 17.0. The maximum absolute atomic E-state index is 12.2. The van der Waals surface area contributed by atoms with Crippen LogP contribution in [0.1, 0.15) is 46.0 Å². The van der Waals surface area contributed by atoms with Crippen LogP contribution in [0.25, 0.3) is 0 Å². The molecule has 0 saturated carbocycles. The van der Waals surface area contributed by atoms with E-state index in [2.05, 4.69) is 16.1 Å². The Kier molecular flexibility index (Phi) is 7.04. The molecule has 1 aliphatic heterocycles. The van der Waals surface area contributed by atoms with Gasteiger partial charge in [0.15, 0.2) is 0 Å². The second-order valence-corrected chi connectivity index (χ2v) is 5.74. The van der Waals surface area contributed by atoms with E-state index < -0.39 is 5.54 Å². The fraction of sp³-hybridized carbons (Fsp3) is 0.812. The molecule has 0 radical (unpaired) electrons. The third kappa shape index (κ3) is 4.81. The van der Waals surface area contributed by atoms with Gasteiger partial charge in [-0.05, 0) is 44.6 Å². The molecule has 1 atom stereocenters. The van der Waals surface area contributed by atoms with Crippen molar-refractivity contribution in [2.75, 3.05) is 26.2 Å². The van der Waals surface area contributed by atoms with Crippen LogP contribution >= 0.6 is 0 Å². The average molecular weight is 280 g/mol. The lowest BCUT2D eigenvalue weighted by Gasteiger charge is -2.33. The standard InChI is InChI=1S/C16H28N2O2/c1-4-16(5-2,6-3)17-15(20)13-18-10-7-8-14(12-18)9-11-19/h1,14,19H,5-13H2,2-3H3,(H,17,20). The Labute approximate surface area is 122 Å². The number of rotatable bonds is 7. The lowest BCUT2D eigenvalue weighted by Crippen LogP contribution is -2.51. The van der Waals surface area contributed by atoms with E-state index in [1.165, 1.54) is 0 Å². The molecule has 2 N–H and O–H groups in total. The van der Waals surface area contributed by atoms with Crippen molar-refractivity contribution in [1.29, 1.82) is 0 Å². The molecule has 1 unspecified atom stereocenters. The van der Waals surface area contributed by atoms with Crippen LogP contribution in [0.3, 0.4) is 0 Å². The Morgan fingerprint density at radius 2 is 2.20 bits per heavy atom. The summed E-state index contributed by atoms with van der Waals surface area (Å²) in [7, 11) is 0. The van der Waals surface area contributed by atoms with Gasteiger partial charge in [-0.15, -0.1) is 6.42 Å². The number of hydrogen-bond acceptors (Lipinski definition) is 3. The number of terminal acetylenes is 1. The van der Waals surface area contributed by atoms with Gasteiger partial charge in [-0.2, -0.15) is 0 Å². The highest BCUT2D eigenvalue weighted by atomic mass is 16.3. The maximum Gasteiger partial charge on any atom is 0.235 e. The molecule has 20 heavy (non-hydrogen) atoms. The molecule has 4 nitrogen and oxygen atoms in total. The SMILES string of the molecule is C#CC(CC)(CC)NC(=O)CN1CCCC(CCO)C1. The minimum Gasteiger partial charge on any atom is -0.396 e. The summed E-state index contributed by atoms with van der Waals surface area (Å²) >= 11 is 0. The fourth-order valence-electron chi connectivity index (χ4n) is 2.89. The van der Waals surface area contributed by atoms with Crippen molar-refractivity contribution in [1.82, 2.24) is 10.2 Å². The van der Waals surface area contributed by atoms with Crippen LogP contribution in [0.15, 0.2) is 0 Å². The number of likely N-dealkylation sites (tertiary alicyclic amines) is 1. The molecule has 1 saturated heterocycles.